The van der Waals surface area contributed by atoms with Gasteiger partial charge in [0.05, 0.1) is 4.90 Å². The molecule has 2 aromatic carbocycles. The Hall–Kier alpha value is -2.87. The van der Waals surface area contributed by atoms with Crippen molar-refractivity contribution in [3.8, 4) is 0 Å². The summed E-state index contributed by atoms with van der Waals surface area (Å²) in [5.74, 6) is -0.113. The lowest BCUT2D eigenvalue weighted by Gasteiger charge is -2.29. The van der Waals surface area contributed by atoms with Gasteiger partial charge in [-0.3, -0.25) is 14.3 Å². The van der Waals surface area contributed by atoms with Crippen LogP contribution in [0.1, 0.15) is 38.7 Å². The van der Waals surface area contributed by atoms with Gasteiger partial charge in [-0.15, -0.1) is 0 Å². The molecular formula is C21H25N3O4S. The average Bonchev–Trinajstić information content (AvgIpc) is 2.67. The number of carbonyl (C=O) groups excluding carboxylic acids is 2. The molecule has 7 nitrogen and oxygen atoms in total. The lowest BCUT2D eigenvalue weighted by atomic mass is 10.00. The Bertz CT molecular complexity index is 1020. The SMILES string of the molecule is CCCCN1C(=O)CCc2cc(NS(=O)(=O)c3ccc(NC(C)=O)cc3)ccc21. The van der Waals surface area contributed by atoms with E-state index in [-0.39, 0.29) is 16.7 Å². The average molecular weight is 416 g/mol. The molecule has 0 saturated carbocycles. The summed E-state index contributed by atoms with van der Waals surface area (Å²) in [6, 6.07) is 11.2. The topological polar surface area (TPSA) is 95.6 Å². The number of anilines is 3. The number of hydrogen-bond acceptors (Lipinski definition) is 4. The Morgan fingerprint density at radius 2 is 1.76 bits per heavy atom. The minimum Gasteiger partial charge on any atom is -0.326 e. The Labute approximate surface area is 171 Å². The minimum absolute atomic E-state index is 0.101. The summed E-state index contributed by atoms with van der Waals surface area (Å²) in [7, 11) is -3.77. The van der Waals surface area contributed by atoms with Crippen LogP contribution in [-0.2, 0) is 26.0 Å². The third-order valence-corrected chi connectivity index (χ3v) is 6.15. The van der Waals surface area contributed by atoms with Crippen molar-refractivity contribution < 1.29 is 18.0 Å². The molecule has 0 unspecified atom stereocenters. The van der Waals surface area contributed by atoms with Gasteiger partial charge in [-0.05, 0) is 60.9 Å². The lowest BCUT2D eigenvalue weighted by Crippen LogP contribution is -2.35. The molecule has 0 saturated heterocycles. The maximum absolute atomic E-state index is 12.7. The molecule has 0 bridgehead atoms. The second-order valence-electron chi connectivity index (χ2n) is 7.05. The van der Waals surface area contributed by atoms with Crippen molar-refractivity contribution in [3.05, 3.63) is 48.0 Å². The zero-order chi connectivity index (χ0) is 21.0. The molecule has 29 heavy (non-hydrogen) atoms. The molecule has 2 N–H and O–H groups in total. The number of hydrogen-bond donors (Lipinski definition) is 2. The van der Waals surface area contributed by atoms with E-state index >= 15 is 0 Å². The second-order valence-corrected chi connectivity index (χ2v) is 8.74. The maximum atomic E-state index is 12.7. The van der Waals surface area contributed by atoms with Crippen molar-refractivity contribution >= 4 is 38.9 Å². The summed E-state index contributed by atoms with van der Waals surface area (Å²) >= 11 is 0. The third-order valence-electron chi connectivity index (χ3n) is 4.75. The smallest absolute Gasteiger partial charge is 0.261 e. The van der Waals surface area contributed by atoms with E-state index in [9.17, 15) is 18.0 Å². The van der Waals surface area contributed by atoms with E-state index in [0.29, 0.717) is 30.8 Å². The van der Waals surface area contributed by atoms with E-state index < -0.39 is 10.0 Å². The van der Waals surface area contributed by atoms with Gasteiger partial charge in [0.25, 0.3) is 10.0 Å². The van der Waals surface area contributed by atoms with Crippen molar-refractivity contribution in [2.24, 2.45) is 0 Å². The minimum atomic E-state index is -3.77. The molecule has 0 atom stereocenters. The number of aryl methyl sites for hydroxylation is 1. The van der Waals surface area contributed by atoms with E-state index in [1.807, 2.05) is 0 Å². The van der Waals surface area contributed by atoms with Gasteiger partial charge in [0.1, 0.15) is 0 Å². The first-order chi connectivity index (χ1) is 13.8. The predicted molar refractivity (Wildman–Crippen MR) is 114 cm³/mol. The van der Waals surface area contributed by atoms with Gasteiger partial charge in [-0.1, -0.05) is 13.3 Å². The molecule has 2 amide bonds. The highest BCUT2D eigenvalue weighted by atomic mass is 32.2. The monoisotopic (exact) mass is 415 g/mol. The van der Waals surface area contributed by atoms with Crippen LogP contribution in [0.4, 0.5) is 17.1 Å². The van der Waals surface area contributed by atoms with Crippen LogP contribution in [0.25, 0.3) is 0 Å². The summed E-state index contributed by atoms with van der Waals surface area (Å²) < 4.78 is 28.0. The quantitative estimate of drug-likeness (QED) is 0.723. The van der Waals surface area contributed by atoms with Gasteiger partial charge in [-0.25, -0.2) is 8.42 Å². The molecule has 0 aliphatic carbocycles. The zero-order valence-corrected chi connectivity index (χ0v) is 17.4. The molecule has 1 aliphatic heterocycles. The van der Waals surface area contributed by atoms with Gasteiger partial charge in [0.2, 0.25) is 11.8 Å². The first kappa shape index (κ1) is 20.9. The molecule has 3 rings (SSSR count). The first-order valence-corrected chi connectivity index (χ1v) is 11.1. The van der Waals surface area contributed by atoms with Gasteiger partial charge in [-0.2, -0.15) is 0 Å². The number of benzene rings is 2. The summed E-state index contributed by atoms with van der Waals surface area (Å²) in [4.78, 5) is 25.2. The maximum Gasteiger partial charge on any atom is 0.261 e. The van der Waals surface area contributed by atoms with Crippen LogP contribution in [0.15, 0.2) is 47.4 Å². The Morgan fingerprint density at radius 3 is 2.41 bits per heavy atom. The number of nitrogens with one attached hydrogen (secondary N) is 2. The van der Waals surface area contributed by atoms with Gasteiger partial charge >= 0.3 is 0 Å². The Kier molecular flexibility index (Phi) is 6.22. The highest BCUT2D eigenvalue weighted by Crippen LogP contribution is 2.31. The van der Waals surface area contributed by atoms with Crippen LogP contribution < -0.4 is 14.9 Å². The Morgan fingerprint density at radius 1 is 1.07 bits per heavy atom. The van der Waals surface area contributed by atoms with Crippen LogP contribution in [0, 0.1) is 0 Å². The molecule has 2 aromatic rings. The summed E-state index contributed by atoms with van der Waals surface area (Å²) in [5, 5.41) is 2.60. The molecule has 154 valence electrons. The van der Waals surface area contributed by atoms with Gasteiger partial charge in [0.15, 0.2) is 0 Å². The largest absolute Gasteiger partial charge is 0.326 e. The normalized spacial score (nSPS) is 13.7. The number of fused-ring (bicyclic) bond motifs is 1. The van der Waals surface area contributed by atoms with E-state index in [4.69, 9.17) is 0 Å². The molecule has 8 heteroatoms. The van der Waals surface area contributed by atoms with Crippen LogP contribution >= 0.6 is 0 Å². The van der Waals surface area contributed by atoms with Crippen molar-refractivity contribution in [2.45, 2.75) is 44.4 Å². The summed E-state index contributed by atoms with van der Waals surface area (Å²) in [6.45, 7) is 4.14. The number of nitrogens with zero attached hydrogens (tertiary/aromatic N) is 1. The molecule has 0 radical (unpaired) electrons. The number of sulfonamides is 1. The third kappa shape index (κ3) is 4.95. The number of amides is 2. The van der Waals surface area contributed by atoms with Crippen LogP contribution in [0.2, 0.25) is 0 Å². The fourth-order valence-electron chi connectivity index (χ4n) is 3.32. The fourth-order valence-corrected chi connectivity index (χ4v) is 4.37. The summed E-state index contributed by atoms with van der Waals surface area (Å²) in [5.41, 5.74) is 2.81. The van der Waals surface area contributed by atoms with Crippen LogP contribution in [0.5, 0.6) is 0 Å². The van der Waals surface area contributed by atoms with Crippen molar-refractivity contribution in [1.82, 2.24) is 0 Å². The van der Waals surface area contributed by atoms with Crippen molar-refractivity contribution in [1.29, 1.82) is 0 Å². The molecule has 0 spiro atoms. The van der Waals surface area contributed by atoms with E-state index in [1.54, 1.807) is 35.2 Å². The standard InChI is InChI=1S/C21H25N3O4S/c1-3-4-13-24-20-11-8-18(14-16(20)5-12-21(24)26)23-29(27,28)19-9-6-17(7-10-19)22-15(2)25/h6-11,14,23H,3-5,12-13H2,1-2H3,(H,22,25). The van der Waals surface area contributed by atoms with E-state index in [2.05, 4.69) is 17.0 Å². The lowest BCUT2D eigenvalue weighted by molar-refractivity contribution is -0.119. The van der Waals surface area contributed by atoms with Crippen molar-refractivity contribution in [3.63, 3.8) is 0 Å². The first-order valence-electron chi connectivity index (χ1n) is 9.64. The fraction of sp³-hybridized carbons (Fsp3) is 0.333. The number of rotatable bonds is 7. The molecular weight excluding hydrogens is 390 g/mol. The number of unbranched alkanes of at least 4 members (excludes halogenated alkanes) is 1. The highest BCUT2D eigenvalue weighted by molar-refractivity contribution is 7.92. The molecule has 0 aromatic heterocycles. The van der Waals surface area contributed by atoms with Crippen molar-refractivity contribution in [2.75, 3.05) is 21.5 Å². The van der Waals surface area contributed by atoms with E-state index in [0.717, 1.165) is 24.1 Å². The van der Waals surface area contributed by atoms with Gasteiger partial charge < -0.3 is 10.2 Å². The molecule has 1 heterocycles. The molecule has 0 fully saturated rings. The Balaban J connectivity index is 1.79. The second kappa shape index (κ2) is 8.65. The molecule has 1 aliphatic rings. The number of carbonyl (C=O) groups is 2. The summed E-state index contributed by atoms with van der Waals surface area (Å²) in [6.07, 6.45) is 2.95. The highest BCUT2D eigenvalue weighted by Gasteiger charge is 2.24. The zero-order valence-electron chi connectivity index (χ0n) is 16.6. The van der Waals surface area contributed by atoms with Gasteiger partial charge in [0, 0.05) is 37.0 Å². The van der Waals surface area contributed by atoms with Crippen LogP contribution in [-0.4, -0.2) is 26.8 Å². The predicted octanol–water partition coefficient (Wildman–Crippen LogP) is 3.53. The van der Waals surface area contributed by atoms with Crippen LogP contribution in [0.3, 0.4) is 0 Å². The van der Waals surface area contributed by atoms with E-state index in [1.165, 1.54) is 19.1 Å².